The molecule has 0 heterocycles. The van der Waals surface area contributed by atoms with Gasteiger partial charge < -0.3 is 4.74 Å². The first-order chi connectivity index (χ1) is 9.40. The molecule has 2 heteroatoms. The predicted octanol–water partition coefficient (Wildman–Crippen LogP) is 4.98. The van der Waals surface area contributed by atoms with Crippen molar-refractivity contribution in [2.75, 3.05) is 0 Å². The van der Waals surface area contributed by atoms with Crippen LogP contribution in [0.5, 0.6) is 0 Å². The molecule has 1 rings (SSSR count). The minimum atomic E-state index is -0.217. The molecule has 5 atom stereocenters. The molecule has 0 spiro atoms. The lowest BCUT2D eigenvalue weighted by Crippen LogP contribution is -2.38. The first-order valence-electron chi connectivity index (χ1n) is 8.27. The molecule has 0 N–H and O–H groups in total. The Hall–Kier alpha value is -0.790. The Kier molecular flexibility index (Phi) is 6.78. The molecular formula is C18H32O2. The van der Waals surface area contributed by atoms with Crippen LogP contribution in [0.4, 0.5) is 0 Å². The number of hydrogen-bond acceptors (Lipinski definition) is 2. The topological polar surface area (TPSA) is 26.3 Å². The van der Waals surface area contributed by atoms with Gasteiger partial charge in [0.1, 0.15) is 6.10 Å². The SMILES string of the molecule is C=C(C)C(=O)OC1CCC(C(C)CC)CC1C(C)CC. The highest BCUT2D eigenvalue weighted by Gasteiger charge is 2.37. The molecule has 0 amide bonds. The minimum Gasteiger partial charge on any atom is -0.459 e. The number of hydrogen-bond donors (Lipinski definition) is 0. The van der Waals surface area contributed by atoms with E-state index in [1.807, 2.05) is 0 Å². The molecule has 0 aromatic heterocycles. The summed E-state index contributed by atoms with van der Waals surface area (Å²) >= 11 is 0. The number of rotatable bonds is 6. The van der Waals surface area contributed by atoms with E-state index in [0.717, 1.165) is 24.7 Å². The van der Waals surface area contributed by atoms with Gasteiger partial charge in [-0.25, -0.2) is 4.79 Å². The number of carbonyl (C=O) groups is 1. The Morgan fingerprint density at radius 2 is 1.80 bits per heavy atom. The Balaban J connectivity index is 2.74. The van der Waals surface area contributed by atoms with Gasteiger partial charge in [0.25, 0.3) is 0 Å². The van der Waals surface area contributed by atoms with Gasteiger partial charge in [-0.2, -0.15) is 0 Å². The fourth-order valence-electron chi connectivity index (χ4n) is 3.35. The Labute approximate surface area is 125 Å². The van der Waals surface area contributed by atoms with Crippen molar-refractivity contribution in [3.8, 4) is 0 Å². The quantitative estimate of drug-likeness (QED) is 0.506. The second-order valence-electron chi connectivity index (χ2n) is 6.73. The van der Waals surface area contributed by atoms with Crippen LogP contribution in [0.3, 0.4) is 0 Å². The molecule has 0 aromatic carbocycles. The fraction of sp³-hybridized carbons (Fsp3) is 0.833. The maximum Gasteiger partial charge on any atom is 0.333 e. The van der Waals surface area contributed by atoms with Crippen molar-refractivity contribution in [3.63, 3.8) is 0 Å². The molecule has 2 nitrogen and oxygen atoms in total. The van der Waals surface area contributed by atoms with Crippen molar-refractivity contribution in [1.29, 1.82) is 0 Å². The summed E-state index contributed by atoms with van der Waals surface area (Å²) in [6, 6.07) is 0. The van der Waals surface area contributed by atoms with Gasteiger partial charge in [0.2, 0.25) is 0 Å². The van der Waals surface area contributed by atoms with E-state index in [9.17, 15) is 4.79 Å². The Bertz CT molecular complexity index is 334. The molecule has 0 radical (unpaired) electrons. The highest BCUT2D eigenvalue weighted by Crippen LogP contribution is 2.40. The molecule has 1 saturated carbocycles. The molecule has 1 aliphatic rings. The van der Waals surface area contributed by atoms with Gasteiger partial charge in [0.15, 0.2) is 0 Å². The molecule has 1 fully saturated rings. The highest BCUT2D eigenvalue weighted by molar-refractivity contribution is 5.87. The average Bonchev–Trinajstić information content (AvgIpc) is 2.45. The highest BCUT2D eigenvalue weighted by atomic mass is 16.5. The van der Waals surface area contributed by atoms with E-state index in [4.69, 9.17) is 4.74 Å². The zero-order valence-electron chi connectivity index (χ0n) is 13.9. The van der Waals surface area contributed by atoms with Gasteiger partial charge in [-0.05, 0) is 49.9 Å². The second-order valence-corrected chi connectivity index (χ2v) is 6.73. The van der Waals surface area contributed by atoms with Crippen molar-refractivity contribution in [2.45, 2.75) is 72.8 Å². The zero-order valence-corrected chi connectivity index (χ0v) is 13.9. The summed E-state index contributed by atoms with van der Waals surface area (Å²) in [5.41, 5.74) is 0.511. The normalized spacial score (nSPS) is 29.6. The maximum absolute atomic E-state index is 11.8. The molecule has 1 aliphatic carbocycles. The van der Waals surface area contributed by atoms with E-state index in [-0.39, 0.29) is 12.1 Å². The molecule has 116 valence electrons. The zero-order chi connectivity index (χ0) is 15.3. The maximum atomic E-state index is 11.8. The van der Waals surface area contributed by atoms with Crippen molar-refractivity contribution >= 4 is 5.97 Å². The largest absolute Gasteiger partial charge is 0.459 e. The molecule has 0 aliphatic heterocycles. The molecular weight excluding hydrogens is 248 g/mol. The van der Waals surface area contributed by atoms with Crippen molar-refractivity contribution in [3.05, 3.63) is 12.2 Å². The van der Waals surface area contributed by atoms with Crippen LogP contribution < -0.4 is 0 Å². The third-order valence-electron chi connectivity index (χ3n) is 5.30. The van der Waals surface area contributed by atoms with Crippen molar-refractivity contribution < 1.29 is 9.53 Å². The molecule has 0 bridgehead atoms. The smallest absolute Gasteiger partial charge is 0.333 e. The van der Waals surface area contributed by atoms with Crippen molar-refractivity contribution in [2.24, 2.45) is 23.7 Å². The summed E-state index contributed by atoms with van der Waals surface area (Å²) < 4.78 is 5.71. The van der Waals surface area contributed by atoms with E-state index < -0.39 is 0 Å². The van der Waals surface area contributed by atoms with Crippen LogP contribution in [0.1, 0.15) is 66.7 Å². The molecule has 0 aromatic rings. The van der Waals surface area contributed by atoms with Crippen LogP contribution >= 0.6 is 0 Å². The summed E-state index contributed by atoms with van der Waals surface area (Å²) in [4.78, 5) is 11.8. The van der Waals surface area contributed by atoms with Crippen LogP contribution in [-0.4, -0.2) is 12.1 Å². The number of ether oxygens (including phenoxy) is 1. The molecule has 0 saturated heterocycles. The van der Waals surface area contributed by atoms with Gasteiger partial charge in [-0.15, -0.1) is 0 Å². The first-order valence-corrected chi connectivity index (χ1v) is 8.27. The van der Waals surface area contributed by atoms with Gasteiger partial charge in [0, 0.05) is 5.57 Å². The van der Waals surface area contributed by atoms with E-state index in [2.05, 4.69) is 34.3 Å². The van der Waals surface area contributed by atoms with E-state index in [1.54, 1.807) is 6.92 Å². The summed E-state index contributed by atoms with van der Waals surface area (Å²) in [5.74, 6) is 2.48. The summed E-state index contributed by atoms with van der Waals surface area (Å²) in [6.45, 7) is 14.6. The first kappa shape index (κ1) is 17.3. The Morgan fingerprint density at radius 1 is 1.20 bits per heavy atom. The third kappa shape index (κ3) is 4.36. The summed E-state index contributed by atoms with van der Waals surface area (Å²) in [5, 5.41) is 0. The van der Waals surface area contributed by atoms with Crippen LogP contribution in [-0.2, 0) is 9.53 Å². The van der Waals surface area contributed by atoms with Crippen LogP contribution in [0.2, 0.25) is 0 Å². The average molecular weight is 280 g/mol. The predicted molar refractivity (Wildman–Crippen MR) is 84.4 cm³/mol. The van der Waals surface area contributed by atoms with E-state index in [1.165, 1.54) is 19.3 Å². The van der Waals surface area contributed by atoms with Crippen LogP contribution in [0, 0.1) is 23.7 Å². The Morgan fingerprint density at radius 3 is 2.30 bits per heavy atom. The standard InChI is InChI=1S/C18H32O2/c1-7-13(5)15-9-10-17(20-18(19)12(3)4)16(11-15)14(6)8-2/h13-17H,3,7-11H2,1-2,4-6H3. The number of carbonyl (C=O) groups excluding carboxylic acids is 1. The van der Waals surface area contributed by atoms with Gasteiger partial charge >= 0.3 is 5.97 Å². The van der Waals surface area contributed by atoms with Crippen LogP contribution in [0.15, 0.2) is 12.2 Å². The van der Waals surface area contributed by atoms with Crippen molar-refractivity contribution in [1.82, 2.24) is 0 Å². The second kappa shape index (κ2) is 7.85. The molecule has 20 heavy (non-hydrogen) atoms. The lowest BCUT2D eigenvalue weighted by atomic mass is 9.69. The van der Waals surface area contributed by atoms with Gasteiger partial charge in [-0.1, -0.05) is 47.1 Å². The van der Waals surface area contributed by atoms with Gasteiger partial charge in [-0.3, -0.25) is 0 Å². The monoisotopic (exact) mass is 280 g/mol. The molecule has 5 unspecified atom stereocenters. The van der Waals surface area contributed by atoms with Gasteiger partial charge in [0.05, 0.1) is 0 Å². The lowest BCUT2D eigenvalue weighted by Gasteiger charge is -2.40. The summed E-state index contributed by atoms with van der Waals surface area (Å²) in [7, 11) is 0. The van der Waals surface area contributed by atoms with Crippen LogP contribution in [0.25, 0.3) is 0 Å². The fourth-order valence-corrected chi connectivity index (χ4v) is 3.35. The summed E-state index contributed by atoms with van der Waals surface area (Å²) in [6.07, 6.45) is 5.90. The van der Waals surface area contributed by atoms with E-state index in [0.29, 0.717) is 17.4 Å². The number of esters is 1. The minimum absolute atomic E-state index is 0.0921. The van der Waals surface area contributed by atoms with E-state index >= 15 is 0 Å². The lowest BCUT2D eigenvalue weighted by molar-refractivity contribution is -0.151. The third-order valence-corrected chi connectivity index (χ3v) is 5.30.